The second-order valence-electron chi connectivity index (χ2n) is 7.71. The Morgan fingerprint density at radius 1 is 1.47 bits per heavy atom. The molecule has 1 unspecified atom stereocenters. The topological polar surface area (TPSA) is 112 Å². The average molecular weight is 488 g/mol. The van der Waals surface area contributed by atoms with Crippen LogP contribution in [0.5, 0.6) is 5.75 Å². The van der Waals surface area contributed by atoms with E-state index in [1.165, 1.54) is 35.2 Å². The monoisotopic (exact) mass is 487 g/mol. The van der Waals surface area contributed by atoms with Crippen LogP contribution in [0.15, 0.2) is 28.7 Å². The van der Waals surface area contributed by atoms with Gasteiger partial charge in [0, 0.05) is 17.1 Å². The zero-order chi connectivity index (χ0) is 22.9. The number of amides is 1. The molecule has 2 aliphatic rings. The molecule has 0 radical (unpaired) electrons. The van der Waals surface area contributed by atoms with E-state index in [0.29, 0.717) is 22.3 Å². The second kappa shape index (κ2) is 8.87. The van der Waals surface area contributed by atoms with Gasteiger partial charge in [0.1, 0.15) is 34.5 Å². The van der Waals surface area contributed by atoms with E-state index in [0.717, 1.165) is 6.20 Å². The number of halogens is 3. The van der Waals surface area contributed by atoms with Crippen LogP contribution in [0.1, 0.15) is 28.8 Å². The van der Waals surface area contributed by atoms with E-state index in [9.17, 15) is 18.0 Å². The number of aliphatic imine (C=N–C) groups is 1. The Bertz CT molecular complexity index is 1020. The lowest BCUT2D eigenvalue weighted by Crippen LogP contribution is -2.54. The molecular formula is C19H20F3N5O3S2. The standard InChI is InChI=1S/C19H20F3N5O3S2/c1-18(8-20)4-10-6-32-17(23)27-19(10,9-29-18)15-26-13(7-31-15)25-14(28)12-3-2-11(5-24-12)30-16(21)22/h2-3,5,7,10,16H,4,6,8-9H2,1H3,(H2,23,27)(H,25,28)/t10?,18-,19-/m0/s1. The summed E-state index contributed by atoms with van der Waals surface area (Å²) in [5.74, 6) is 0.191. The largest absolute Gasteiger partial charge is 0.433 e. The van der Waals surface area contributed by atoms with E-state index in [4.69, 9.17) is 10.5 Å². The Morgan fingerprint density at radius 3 is 2.97 bits per heavy atom. The van der Waals surface area contributed by atoms with E-state index in [-0.39, 0.29) is 29.8 Å². The summed E-state index contributed by atoms with van der Waals surface area (Å²) in [6.45, 7) is -1.71. The highest BCUT2D eigenvalue weighted by Crippen LogP contribution is 2.49. The molecular weight excluding hydrogens is 467 g/mol. The predicted molar refractivity (Wildman–Crippen MR) is 115 cm³/mol. The number of thioether (sulfide) groups is 1. The van der Waals surface area contributed by atoms with Crippen LogP contribution in [0, 0.1) is 5.92 Å². The lowest BCUT2D eigenvalue weighted by molar-refractivity contribution is -0.129. The molecule has 0 aromatic carbocycles. The van der Waals surface area contributed by atoms with Crippen LogP contribution in [0.4, 0.5) is 19.0 Å². The van der Waals surface area contributed by atoms with E-state index in [1.807, 2.05) is 0 Å². The molecule has 3 atom stereocenters. The number of nitrogens with two attached hydrogens (primary N) is 1. The zero-order valence-electron chi connectivity index (χ0n) is 16.9. The molecule has 1 amide bonds. The fourth-order valence-corrected chi connectivity index (χ4v) is 5.62. The van der Waals surface area contributed by atoms with E-state index >= 15 is 0 Å². The molecule has 32 heavy (non-hydrogen) atoms. The Morgan fingerprint density at radius 2 is 2.28 bits per heavy atom. The van der Waals surface area contributed by atoms with Crippen LogP contribution in [-0.4, -0.2) is 52.3 Å². The number of ether oxygens (including phenoxy) is 2. The Labute approximate surface area is 189 Å². The van der Waals surface area contributed by atoms with Crippen molar-refractivity contribution in [1.29, 1.82) is 0 Å². The number of hydrogen-bond donors (Lipinski definition) is 2. The molecule has 0 bridgehead atoms. The van der Waals surface area contributed by atoms with Gasteiger partial charge in [-0.25, -0.2) is 19.4 Å². The molecule has 13 heteroatoms. The molecule has 4 rings (SSSR count). The van der Waals surface area contributed by atoms with Gasteiger partial charge in [0.2, 0.25) is 0 Å². The van der Waals surface area contributed by atoms with Crippen molar-refractivity contribution in [2.75, 3.05) is 24.4 Å². The van der Waals surface area contributed by atoms with Gasteiger partial charge in [0.15, 0.2) is 5.17 Å². The number of nitrogens with zero attached hydrogens (tertiary/aromatic N) is 3. The lowest BCUT2D eigenvalue weighted by atomic mass is 9.76. The number of thiazole rings is 1. The average Bonchev–Trinajstić information content (AvgIpc) is 3.23. The van der Waals surface area contributed by atoms with Crippen molar-refractivity contribution in [3.8, 4) is 5.75 Å². The SMILES string of the molecule is C[C@@]1(CF)CC2CSC(N)=N[C@@]2(c2nc(NC(=O)c3ccc(OC(F)F)cn3)cs2)CO1. The summed E-state index contributed by atoms with van der Waals surface area (Å²) >= 11 is 2.71. The number of amidine groups is 1. The fourth-order valence-electron chi connectivity index (χ4n) is 3.66. The van der Waals surface area contributed by atoms with Gasteiger partial charge < -0.3 is 20.5 Å². The summed E-state index contributed by atoms with van der Waals surface area (Å²) in [5.41, 5.74) is 4.28. The van der Waals surface area contributed by atoms with Crippen molar-refractivity contribution in [1.82, 2.24) is 9.97 Å². The number of pyridine rings is 1. The summed E-state index contributed by atoms with van der Waals surface area (Å²) in [5, 5.41) is 5.30. The number of carbonyl (C=O) groups excluding carboxylic acids is 1. The molecule has 2 aromatic rings. The van der Waals surface area contributed by atoms with Gasteiger partial charge in [-0.05, 0) is 25.5 Å². The van der Waals surface area contributed by atoms with Gasteiger partial charge in [-0.2, -0.15) is 8.78 Å². The van der Waals surface area contributed by atoms with Gasteiger partial charge >= 0.3 is 6.61 Å². The molecule has 0 saturated carbocycles. The lowest BCUT2D eigenvalue weighted by Gasteiger charge is -2.48. The Balaban J connectivity index is 1.52. The molecule has 8 nitrogen and oxygen atoms in total. The molecule has 1 fully saturated rings. The maximum Gasteiger partial charge on any atom is 0.387 e. The summed E-state index contributed by atoms with van der Waals surface area (Å²) in [4.78, 5) is 25.5. The minimum atomic E-state index is -2.98. The number of aromatic nitrogens is 2. The van der Waals surface area contributed by atoms with E-state index in [2.05, 4.69) is 25.0 Å². The number of alkyl halides is 3. The van der Waals surface area contributed by atoms with E-state index in [1.54, 1.807) is 12.3 Å². The van der Waals surface area contributed by atoms with Crippen LogP contribution < -0.4 is 15.8 Å². The van der Waals surface area contributed by atoms with Crippen molar-refractivity contribution < 1.29 is 27.4 Å². The van der Waals surface area contributed by atoms with Crippen LogP contribution in [0.25, 0.3) is 0 Å². The van der Waals surface area contributed by atoms with Crippen LogP contribution in [0.3, 0.4) is 0 Å². The first-order chi connectivity index (χ1) is 15.2. The van der Waals surface area contributed by atoms with Crippen LogP contribution in [0.2, 0.25) is 0 Å². The molecule has 4 heterocycles. The molecule has 0 aliphatic carbocycles. The molecule has 2 aliphatic heterocycles. The van der Waals surface area contributed by atoms with Crippen molar-refractivity contribution in [3.05, 3.63) is 34.4 Å². The second-order valence-corrected chi connectivity index (χ2v) is 9.61. The number of anilines is 1. The summed E-state index contributed by atoms with van der Waals surface area (Å²) in [7, 11) is 0. The van der Waals surface area contributed by atoms with E-state index < -0.39 is 30.3 Å². The molecule has 3 N–H and O–H groups in total. The number of rotatable bonds is 6. The molecule has 172 valence electrons. The van der Waals surface area contributed by atoms with Crippen molar-refractivity contribution >= 4 is 40.0 Å². The highest BCUT2D eigenvalue weighted by molar-refractivity contribution is 8.13. The van der Waals surface area contributed by atoms with Gasteiger partial charge in [0.25, 0.3) is 5.91 Å². The number of nitrogens with one attached hydrogen (secondary N) is 1. The van der Waals surface area contributed by atoms with Crippen molar-refractivity contribution in [2.45, 2.75) is 31.1 Å². The van der Waals surface area contributed by atoms with Crippen LogP contribution >= 0.6 is 23.1 Å². The first kappa shape index (κ1) is 22.8. The van der Waals surface area contributed by atoms with Crippen LogP contribution in [-0.2, 0) is 10.3 Å². The predicted octanol–water partition coefficient (Wildman–Crippen LogP) is 3.41. The summed E-state index contributed by atoms with van der Waals surface area (Å²) < 4.78 is 48.1. The summed E-state index contributed by atoms with van der Waals surface area (Å²) in [6, 6.07) is 2.49. The number of fused-ring (bicyclic) bond motifs is 1. The van der Waals surface area contributed by atoms with Crippen molar-refractivity contribution in [3.63, 3.8) is 0 Å². The molecule has 2 aromatic heterocycles. The summed E-state index contributed by atoms with van der Waals surface area (Å²) in [6.07, 6.45) is 1.50. The Hall–Kier alpha value is -2.38. The highest BCUT2D eigenvalue weighted by atomic mass is 32.2. The normalized spacial score (nSPS) is 27.5. The maximum atomic E-state index is 13.5. The molecule has 1 saturated heterocycles. The minimum Gasteiger partial charge on any atom is -0.433 e. The van der Waals surface area contributed by atoms with Gasteiger partial charge in [-0.1, -0.05) is 11.8 Å². The zero-order valence-corrected chi connectivity index (χ0v) is 18.5. The smallest absolute Gasteiger partial charge is 0.387 e. The highest BCUT2D eigenvalue weighted by Gasteiger charge is 2.53. The van der Waals surface area contributed by atoms with Gasteiger partial charge in [-0.3, -0.25) is 4.79 Å². The number of carbonyl (C=O) groups is 1. The van der Waals surface area contributed by atoms with Gasteiger partial charge in [0.05, 0.1) is 18.4 Å². The third-order valence-electron chi connectivity index (χ3n) is 5.33. The maximum absolute atomic E-state index is 13.5. The first-order valence-electron chi connectivity index (χ1n) is 9.59. The van der Waals surface area contributed by atoms with Crippen molar-refractivity contribution in [2.24, 2.45) is 16.6 Å². The third kappa shape index (κ3) is 4.55. The Kier molecular flexibility index (Phi) is 6.32. The quantitative estimate of drug-likeness (QED) is 0.642. The first-order valence-corrected chi connectivity index (χ1v) is 11.5. The minimum absolute atomic E-state index is 0.00764. The molecule has 0 spiro atoms. The fraction of sp³-hybridized carbons (Fsp3) is 0.474. The van der Waals surface area contributed by atoms with Gasteiger partial charge in [-0.15, -0.1) is 11.3 Å². The third-order valence-corrected chi connectivity index (χ3v) is 7.29. The number of hydrogen-bond acceptors (Lipinski definition) is 9.